The van der Waals surface area contributed by atoms with Gasteiger partial charge in [0.1, 0.15) is 0 Å². The van der Waals surface area contributed by atoms with Gasteiger partial charge >= 0.3 is 5.97 Å². The summed E-state index contributed by atoms with van der Waals surface area (Å²) in [6, 6.07) is 4.13. The average Bonchev–Trinajstić information content (AvgIpc) is 2.46. The fraction of sp³-hybridized carbons (Fsp3) is 0.357. The van der Waals surface area contributed by atoms with Crippen LogP contribution >= 0.6 is 22.6 Å². The highest BCUT2D eigenvalue weighted by atomic mass is 127. The van der Waals surface area contributed by atoms with Crippen molar-refractivity contribution in [2.75, 3.05) is 6.54 Å². The van der Waals surface area contributed by atoms with Crippen LogP contribution in [-0.2, 0) is 10.0 Å². The second-order valence-corrected chi connectivity index (χ2v) is 7.88. The quantitative estimate of drug-likeness (QED) is 0.566. The first-order valence-electron chi connectivity index (χ1n) is 6.57. The lowest BCUT2D eigenvalue weighted by molar-refractivity contribution is 0.0695. The zero-order chi connectivity index (χ0) is 15.5. The van der Waals surface area contributed by atoms with E-state index in [0.29, 0.717) is 16.0 Å². The van der Waals surface area contributed by atoms with Gasteiger partial charge in [0.2, 0.25) is 10.0 Å². The number of rotatable bonds is 5. The topological polar surface area (TPSA) is 83.5 Å². The number of nitrogens with one attached hydrogen (secondary N) is 1. The summed E-state index contributed by atoms with van der Waals surface area (Å²) < 4.78 is 27.6. The first kappa shape index (κ1) is 16.4. The minimum absolute atomic E-state index is 0.000857. The predicted molar refractivity (Wildman–Crippen MR) is 87.8 cm³/mol. The number of aromatic carboxylic acids is 1. The summed E-state index contributed by atoms with van der Waals surface area (Å²) in [6.07, 6.45) is 6.97. The van der Waals surface area contributed by atoms with Gasteiger partial charge in [0.25, 0.3) is 0 Å². The fourth-order valence-electron chi connectivity index (χ4n) is 2.19. The molecule has 114 valence electrons. The molecular formula is C14H16INO4S. The van der Waals surface area contributed by atoms with E-state index in [0.717, 1.165) is 19.3 Å². The molecule has 0 fully saturated rings. The summed E-state index contributed by atoms with van der Waals surface area (Å²) in [7, 11) is -3.67. The maximum Gasteiger partial charge on any atom is 0.336 e. The smallest absolute Gasteiger partial charge is 0.336 e. The van der Waals surface area contributed by atoms with Crippen molar-refractivity contribution >= 4 is 38.6 Å². The van der Waals surface area contributed by atoms with Gasteiger partial charge < -0.3 is 5.11 Å². The van der Waals surface area contributed by atoms with Gasteiger partial charge in [-0.05, 0) is 66.0 Å². The van der Waals surface area contributed by atoms with Gasteiger partial charge in [-0.25, -0.2) is 17.9 Å². The monoisotopic (exact) mass is 421 g/mol. The first-order valence-corrected chi connectivity index (χ1v) is 9.14. The number of hydrogen-bond donors (Lipinski definition) is 2. The van der Waals surface area contributed by atoms with Gasteiger partial charge in [-0.15, -0.1) is 0 Å². The second-order valence-electron chi connectivity index (χ2n) is 4.95. The minimum Gasteiger partial charge on any atom is -0.478 e. The van der Waals surface area contributed by atoms with Crippen LogP contribution in [0.4, 0.5) is 0 Å². The van der Waals surface area contributed by atoms with E-state index in [9.17, 15) is 13.2 Å². The van der Waals surface area contributed by atoms with Crippen molar-refractivity contribution in [3.63, 3.8) is 0 Å². The molecule has 0 bridgehead atoms. The lowest BCUT2D eigenvalue weighted by Crippen LogP contribution is -2.30. The first-order chi connectivity index (χ1) is 9.90. The van der Waals surface area contributed by atoms with Crippen molar-refractivity contribution in [2.24, 2.45) is 5.92 Å². The van der Waals surface area contributed by atoms with E-state index < -0.39 is 16.0 Å². The van der Waals surface area contributed by atoms with Crippen molar-refractivity contribution in [3.05, 3.63) is 39.5 Å². The number of allylic oxidation sites excluding steroid dienone is 2. The Kier molecular flexibility index (Phi) is 5.39. The predicted octanol–water partition coefficient (Wildman–Crippen LogP) is 2.62. The highest BCUT2D eigenvalue weighted by Gasteiger charge is 2.20. The Labute approximate surface area is 137 Å². The van der Waals surface area contributed by atoms with Crippen LogP contribution in [0.2, 0.25) is 0 Å². The van der Waals surface area contributed by atoms with Crippen LogP contribution in [0.5, 0.6) is 0 Å². The van der Waals surface area contributed by atoms with Gasteiger partial charge in [-0.2, -0.15) is 0 Å². The fourth-order valence-corrected chi connectivity index (χ4v) is 3.90. The molecule has 0 aromatic heterocycles. The maximum atomic E-state index is 12.2. The van der Waals surface area contributed by atoms with Crippen LogP contribution in [0.3, 0.4) is 0 Å². The van der Waals surface area contributed by atoms with Crippen molar-refractivity contribution in [1.82, 2.24) is 4.72 Å². The summed E-state index contributed by atoms with van der Waals surface area (Å²) in [5, 5.41) is 9.06. The molecule has 1 unspecified atom stereocenters. The van der Waals surface area contributed by atoms with Crippen LogP contribution in [0, 0.1) is 9.49 Å². The molecular weight excluding hydrogens is 405 g/mol. The summed E-state index contributed by atoms with van der Waals surface area (Å²) in [4.78, 5) is 11.1. The summed E-state index contributed by atoms with van der Waals surface area (Å²) >= 11 is 1.87. The van der Waals surface area contributed by atoms with Crippen LogP contribution in [0.25, 0.3) is 0 Å². The molecule has 1 aliphatic rings. The maximum absolute atomic E-state index is 12.2. The molecule has 0 saturated heterocycles. The third kappa shape index (κ3) is 4.27. The molecule has 1 atom stereocenters. The molecule has 7 heteroatoms. The van der Waals surface area contributed by atoms with Gasteiger partial charge in [0, 0.05) is 10.1 Å². The Hall–Kier alpha value is -0.930. The van der Waals surface area contributed by atoms with Gasteiger partial charge in [-0.3, -0.25) is 0 Å². The van der Waals surface area contributed by atoms with E-state index in [-0.39, 0.29) is 10.5 Å². The van der Waals surface area contributed by atoms with Crippen molar-refractivity contribution < 1.29 is 18.3 Å². The molecule has 5 nitrogen and oxygen atoms in total. The van der Waals surface area contributed by atoms with E-state index >= 15 is 0 Å². The average molecular weight is 421 g/mol. The van der Waals surface area contributed by atoms with Gasteiger partial charge in [0.05, 0.1) is 10.5 Å². The Morgan fingerprint density at radius 3 is 2.76 bits per heavy atom. The molecule has 21 heavy (non-hydrogen) atoms. The molecule has 0 saturated carbocycles. The summed E-state index contributed by atoms with van der Waals surface area (Å²) in [6.45, 7) is 0.376. The Bertz CT molecular complexity index is 670. The van der Waals surface area contributed by atoms with E-state index in [1.165, 1.54) is 18.2 Å². The number of carbonyl (C=O) groups is 1. The molecule has 0 amide bonds. The normalized spacial score (nSPS) is 18.6. The second kappa shape index (κ2) is 6.89. The van der Waals surface area contributed by atoms with Crippen molar-refractivity contribution in [1.29, 1.82) is 0 Å². The van der Waals surface area contributed by atoms with Gasteiger partial charge in [-0.1, -0.05) is 12.2 Å². The Balaban J connectivity index is 2.13. The number of carboxylic acid groups (broad SMARTS) is 1. The minimum atomic E-state index is -3.67. The standard InChI is InChI=1S/C14H16INO4S/c15-13-7-6-11(8-12(13)14(17)18)21(19,20)16-9-10-4-2-1-3-5-10/h1-2,6-8,10,16H,3-5,9H2,(H,17,18). The third-order valence-electron chi connectivity index (χ3n) is 3.42. The molecule has 0 spiro atoms. The van der Waals surface area contributed by atoms with Crippen molar-refractivity contribution in [3.8, 4) is 0 Å². The molecule has 1 aromatic carbocycles. The van der Waals surface area contributed by atoms with Gasteiger partial charge in [0.15, 0.2) is 0 Å². The molecule has 0 aliphatic heterocycles. The van der Waals surface area contributed by atoms with Crippen LogP contribution in [-0.4, -0.2) is 26.0 Å². The molecule has 2 N–H and O–H groups in total. The molecule has 1 aromatic rings. The molecule has 0 radical (unpaired) electrons. The van der Waals surface area contributed by atoms with E-state index in [4.69, 9.17) is 5.11 Å². The van der Waals surface area contributed by atoms with Crippen LogP contribution in [0.15, 0.2) is 35.2 Å². The molecule has 1 aliphatic carbocycles. The zero-order valence-electron chi connectivity index (χ0n) is 11.3. The zero-order valence-corrected chi connectivity index (χ0v) is 14.2. The summed E-state index contributed by atoms with van der Waals surface area (Å²) in [5.74, 6) is -0.832. The number of hydrogen-bond acceptors (Lipinski definition) is 3. The highest BCUT2D eigenvalue weighted by Crippen LogP contribution is 2.20. The lowest BCUT2D eigenvalue weighted by Gasteiger charge is -2.18. The third-order valence-corrected chi connectivity index (χ3v) is 5.78. The SMILES string of the molecule is O=C(O)c1cc(S(=O)(=O)NCC2CC=CCC2)ccc1I. The Morgan fingerprint density at radius 2 is 2.14 bits per heavy atom. The number of halogens is 1. The van der Waals surface area contributed by atoms with Crippen molar-refractivity contribution in [2.45, 2.75) is 24.2 Å². The molecule has 2 rings (SSSR count). The highest BCUT2D eigenvalue weighted by molar-refractivity contribution is 14.1. The number of sulfonamides is 1. The van der Waals surface area contributed by atoms with E-state index in [1.54, 1.807) is 0 Å². The van der Waals surface area contributed by atoms with E-state index in [1.807, 2.05) is 22.6 Å². The lowest BCUT2D eigenvalue weighted by atomic mass is 9.95. The number of benzene rings is 1. The summed E-state index contributed by atoms with van der Waals surface area (Å²) in [5.41, 5.74) is -0.000857. The largest absolute Gasteiger partial charge is 0.478 e. The van der Waals surface area contributed by atoms with Crippen LogP contribution < -0.4 is 4.72 Å². The van der Waals surface area contributed by atoms with E-state index in [2.05, 4.69) is 16.9 Å². The number of carboxylic acids is 1. The Morgan fingerprint density at radius 1 is 1.38 bits per heavy atom. The molecule has 0 heterocycles. The van der Waals surface area contributed by atoms with Crippen LogP contribution in [0.1, 0.15) is 29.6 Å².